The van der Waals surface area contributed by atoms with E-state index in [4.69, 9.17) is 0 Å². The van der Waals surface area contributed by atoms with E-state index in [0.29, 0.717) is 5.92 Å². The van der Waals surface area contributed by atoms with E-state index in [9.17, 15) is 14.9 Å². The molecule has 0 bridgehead atoms. The molecular weight excluding hydrogens is 262 g/mol. The number of nitrogens with one attached hydrogen (secondary N) is 1. The van der Waals surface area contributed by atoms with Crippen molar-refractivity contribution in [2.24, 2.45) is 11.0 Å². The van der Waals surface area contributed by atoms with E-state index in [1.807, 2.05) is 0 Å². The number of hydrazone groups is 1. The van der Waals surface area contributed by atoms with Crippen LogP contribution >= 0.6 is 0 Å². The lowest BCUT2D eigenvalue weighted by Gasteiger charge is -2.16. The van der Waals surface area contributed by atoms with Gasteiger partial charge in [0, 0.05) is 6.21 Å². The maximum absolute atomic E-state index is 11.6. The minimum atomic E-state index is -0.553. The number of nitrogens with zero attached hydrogens (tertiary/aromatic N) is 4. The highest BCUT2D eigenvalue weighted by Crippen LogP contribution is 2.21. The van der Waals surface area contributed by atoms with Gasteiger partial charge in [0.1, 0.15) is 18.9 Å². The fraction of sp³-hybridized carbons (Fsp3) is 0.583. The lowest BCUT2D eigenvalue weighted by atomic mass is 9.90. The average Bonchev–Trinajstić information content (AvgIpc) is 2.88. The van der Waals surface area contributed by atoms with Gasteiger partial charge in [-0.3, -0.25) is 19.6 Å². The summed E-state index contributed by atoms with van der Waals surface area (Å²) in [6, 6.07) is 0. The molecule has 1 aromatic rings. The number of nitro groups is 1. The molecule has 1 aromatic heterocycles. The maximum atomic E-state index is 11.6. The summed E-state index contributed by atoms with van der Waals surface area (Å²) in [5.41, 5.74) is 2.28. The van der Waals surface area contributed by atoms with Crippen molar-refractivity contribution in [2.75, 3.05) is 0 Å². The second kappa shape index (κ2) is 6.78. The highest BCUT2D eigenvalue weighted by molar-refractivity contribution is 5.76. The molecule has 8 nitrogen and oxygen atoms in total. The number of carbonyl (C=O) groups is 1. The van der Waals surface area contributed by atoms with Gasteiger partial charge in [0.05, 0.1) is 4.92 Å². The van der Waals surface area contributed by atoms with Crippen molar-refractivity contribution in [1.82, 2.24) is 15.2 Å². The zero-order valence-electron chi connectivity index (χ0n) is 11.1. The molecule has 0 radical (unpaired) electrons. The zero-order chi connectivity index (χ0) is 14.4. The van der Waals surface area contributed by atoms with Gasteiger partial charge >= 0.3 is 5.69 Å². The molecule has 0 spiro atoms. The summed E-state index contributed by atoms with van der Waals surface area (Å²) in [5, 5.41) is 18.1. The van der Waals surface area contributed by atoms with E-state index >= 15 is 0 Å². The fourth-order valence-corrected chi connectivity index (χ4v) is 2.21. The van der Waals surface area contributed by atoms with Crippen LogP contribution in [0, 0.1) is 16.0 Å². The number of rotatable bonds is 5. The standard InChI is InChI=1S/C12H17N5O3/c18-12(9-16-8-11(7-14-16)17(19)20)15-13-6-10-4-2-1-3-5-10/h6-8,10H,1-5,9H2,(H,15,18). The molecule has 1 heterocycles. The summed E-state index contributed by atoms with van der Waals surface area (Å²) in [5.74, 6) is 0.0879. The Morgan fingerprint density at radius 1 is 1.55 bits per heavy atom. The lowest BCUT2D eigenvalue weighted by molar-refractivity contribution is -0.385. The molecule has 1 saturated carbocycles. The van der Waals surface area contributed by atoms with Crippen molar-refractivity contribution in [1.29, 1.82) is 0 Å². The Kier molecular flexibility index (Phi) is 4.80. The molecule has 1 amide bonds. The molecule has 1 aliphatic rings. The van der Waals surface area contributed by atoms with Gasteiger partial charge in [0.15, 0.2) is 0 Å². The molecule has 8 heteroatoms. The Labute approximate surface area is 116 Å². The van der Waals surface area contributed by atoms with Gasteiger partial charge in [-0.25, -0.2) is 5.43 Å². The molecule has 1 fully saturated rings. The molecule has 1 aliphatic carbocycles. The smallest absolute Gasteiger partial charge is 0.271 e. The van der Waals surface area contributed by atoms with E-state index in [0.717, 1.165) is 19.0 Å². The third-order valence-electron chi connectivity index (χ3n) is 3.26. The minimum Gasteiger partial charge on any atom is -0.271 e. The maximum Gasteiger partial charge on any atom is 0.307 e. The number of carbonyl (C=O) groups excluding carboxylic acids is 1. The van der Waals surface area contributed by atoms with Gasteiger partial charge in [-0.1, -0.05) is 19.3 Å². The summed E-state index contributed by atoms with van der Waals surface area (Å²) < 4.78 is 1.21. The van der Waals surface area contributed by atoms with Crippen LogP contribution in [0.2, 0.25) is 0 Å². The van der Waals surface area contributed by atoms with Crippen LogP contribution in [-0.4, -0.2) is 26.8 Å². The highest BCUT2D eigenvalue weighted by atomic mass is 16.6. The number of amides is 1. The monoisotopic (exact) mass is 279 g/mol. The molecular formula is C12H17N5O3. The zero-order valence-corrected chi connectivity index (χ0v) is 11.1. The van der Waals surface area contributed by atoms with Crippen LogP contribution in [0.15, 0.2) is 17.5 Å². The van der Waals surface area contributed by atoms with Gasteiger partial charge in [0.25, 0.3) is 5.91 Å². The third kappa shape index (κ3) is 4.15. The molecule has 0 aromatic carbocycles. The first-order valence-corrected chi connectivity index (χ1v) is 6.64. The first kappa shape index (κ1) is 14.2. The van der Waals surface area contributed by atoms with Crippen molar-refractivity contribution < 1.29 is 9.72 Å². The first-order valence-electron chi connectivity index (χ1n) is 6.64. The van der Waals surface area contributed by atoms with Crippen molar-refractivity contribution in [2.45, 2.75) is 38.6 Å². The Bertz CT molecular complexity index is 505. The quantitative estimate of drug-likeness (QED) is 0.501. The van der Waals surface area contributed by atoms with E-state index in [2.05, 4.69) is 15.6 Å². The number of hydrogen-bond acceptors (Lipinski definition) is 5. The summed E-state index contributed by atoms with van der Waals surface area (Å²) in [6.45, 7) is -0.0875. The normalized spacial score (nSPS) is 16.4. The van der Waals surface area contributed by atoms with Crippen LogP contribution in [0.1, 0.15) is 32.1 Å². The third-order valence-corrected chi connectivity index (χ3v) is 3.26. The van der Waals surface area contributed by atoms with Crippen LogP contribution in [-0.2, 0) is 11.3 Å². The topological polar surface area (TPSA) is 102 Å². The molecule has 108 valence electrons. The largest absolute Gasteiger partial charge is 0.307 e. The Morgan fingerprint density at radius 2 is 2.30 bits per heavy atom. The van der Waals surface area contributed by atoms with Gasteiger partial charge in [-0.05, 0) is 18.8 Å². The Morgan fingerprint density at radius 3 is 2.95 bits per heavy atom. The summed E-state index contributed by atoms with van der Waals surface area (Å²) in [4.78, 5) is 21.5. The molecule has 1 N–H and O–H groups in total. The summed E-state index contributed by atoms with van der Waals surface area (Å²) in [7, 11) is 0. The lowest BCUT2D eigenvalue weighted by Crippen LogP contribution is -2.24. The van der Waals surface area contributed by atoms with Gasteiger partial charge in [-0.15, -0.1) is 0 Å². The summed E-state index contributed by atoms with van der Waals surface area (Å²) in [6.07, 6.45) is 10.0. The van der Waals surface area contributed by atoms with Crippen LogP contribution < -0.4 is 5.43 Å². The molecule has 0 aliphatic heterocycles. The van der Waals surface area contributed by atoms with Gasteiger partial charge < -0.3 is 0 Å². The van der Waals surface area contributed by atoms with Crippen LogP contribution in [0.3, 0.4) is 0 Å². The predicted molar refractivity (Wildman–Crippen MR) is 72.1 cm³/mol. The fourth-order valence-electron chi connectivity index (χ4n) is 2.21. The SMILES string of the molecule is O=C(Cn1cc([N+](=O)[O-])cn1)NN=CC1CCCCC1. The Balaban J connectivity index is 1.76. The summed E-state index contributed by atoms with van der Waals surface area (Å²) >= 11 is 0. The molecule has 0 saturated heterocycles. The van der Waals surface area contributed by atoms with E-state index < -0.39 is 4.92 Å². The average molecular weight is 279 g/mol. The van der Waals surface area contributed by atoms with Crippen LogP contribution in [0.5, 0.6) is 0 Å². The van der Waals surface area contributed by atoms with Gasteiger partial charge in [-0.2, -0.15) is 10.2 Å². The van der Waals surface area contributed by atoms with E-state index in [-0.39, 0.29) is 18.1 Å². The second-order valence-electron chi connectivity index (χ2n) is 4.86. The van der Waals surface area contributed by atoms with E-state index in [1.165, 1.54) is 30.1 Å². The van der Waals surface area contributed by atoms with Gasteiger partial charge in [0.2, 0.25) is 0 Å². The van der Waals surface area contributed by atoms with Crippen molar-refractivity contribution >= 4 is 17.8 Å². The van der Waals surface area contributed by atoms with E-state index in [1.54, 1.807) is 6.21 Å². The Hall–Kier alpha value is -2.25. The minimum absolute atomic E-state index is 0.0875. The van der Waals surface area contributed by atoms with Crippen molar-refractivity contribution in [3.05, 3.63) is 22.5 Å². The molecule has 20 heavy (non-hydrogen) atoms. The van der Waals surface area contributed by atoms with Crippen molar-refractivity contribution in [3.63, 3.8) is 0 Å². The highest BCUT2D eigenvalue weighted by Gasteiger charge is 2.12. The molecule has 0 unspecified atom stereocenters. The number of aromatic nitrogens is 2. The second-order valence-corrected chi connectivity index (χ2v) is 4.86. The molecule has 2 rings (SSSR count). The predicted octanol–water partition coefficient (Wildman–Crippen LogP) is 1.47. The van der Waals surface area contributed by atoms with Crippen molar-refractivity contribution in [3.8, 4) is 0 Å². The first-order chi connectivity index (χ1) is 9.65. The van der Waals surface area contributed by atoms with Crippen LogP contribution in [0.25, 0.3) is 0 Å². The van der Waals surface area contributed by atoms with Crippen LogP contribution in [0.4, 0.5) is 5.69 Å². The number of hydrogen-bond donors (Lipinski definition) is 1. The molecule has 0 atom stereocenters.